The van der Waals surface area contributed by atoms with Gasteiger partial charge in [-0.15, -0.1) is 0 Å². The number of aryl methyl sites for hydroxylation is 1. The molecule has 0 unspecified atom stereocenters. The van der Waals surface area contributed by atoms with Crippen LogP contribution >= 0.6 is 0 Å². The minimum Gasteiger partial charge on any atom is -0.489 e. The lowest BCUT2D eigenvalue weighted by Crippen LogP contribution is -1.95. The summed E-state index contributed by atoms with van der Waals surface area (Å²) < 4.78 is 5.79. The third kappa shape index (κ3) is 7.64. The Morgan fingerprint density at radius 3 is 2.22 bits per heavy atom. The molecule has 0 atom stereocenters. The number of hydrogen-bond donors (Lipinski definition) is 0. The summed E-state index contributed by atoms with van der Waals surface area (Å²) in [4.78, 5) is 4.40. The van der Waals surface area contributed by atoms with Crippen LogP contribution in [0.25, 0.3) is 0 Å². The second-order valence-electron chi connectivity index (χ2n) is 5.23. The average molecular weight is 311 g/mol. The van der Waals surface area contributed by atoms with Crippen molar-refractivity contribution in [1.29, 1.82) is 0 Å². The van der Waals surface area contributed by atoms with E-state index in [0.29, 0.717) is 6.61 Å². The molecule has 0 saturated heterocycles. The van der Waals surface area contributed by atoms with Gasteiger partial charge in [-0.3, -0.25) is 4.99 Å². The second-order valence-corrected chi connectivity index (χ2v) is 5.23. The number of unbranched alkanes of at least 4 members (excludes halogenated alkanes) is 1. The van der Waals surface area contributed by atoms with E-state index >= 15 is 0 Å². The Balaban J connectivity index is 0.00000127. The van der Waals surface area contributed by atoms with Gasteiger partial charge in [-0.05, 0) is 48.7 Å². The van der Waals surface area contributed by atoms with Gasteiger partial charge in [0.05, 0.1) is 0 Å². The number of benzene rings is 2. The molecule has 0 heterocycles. The third-order valence-electron chi connectivity index (χ3n) is 3.29. The standard InChI is InChI=1S/C19H23NO.C2H6/c1-3-4-13-20-14-17-9-11-19(12-10-17)21-15-18-7-5-16(2)6-8-18;1-2/h5-12,14H,3-4,13,15H2,1-2H3;1-2H3. The minimum atomic E-state index is 0.601. The van der Waals surface area contributed by atoms with Crippen LogP contribution < -0.4 is 4.74 Å². The molecule has 124 valence electrons. The number of aliphatic imine (C=N–C) groups is 1. The minimum absolute atomic E-state index is 0.601. The lowest BCUT2D eigenvalue weighted by Gasteiger charge is -2.06. The molecule has 0 aliphatic rings. The van der Waals surface area contributed by atoms with E-state index in [1.165, 1.54) is 17.5 Å². The second kappa shape index (κ2) is 11.5. The largest absolute Gasteiger partial charge is 0.489 e. The first-order valence-corrected chi connectivity index (χ1v) is 8.56. The molecule has 0 aliphatic heterocycles. The van der Waals surface area contributed by atoms with Gasteiger partial charge in [0, 0.05) is 12.8 Å². The molecule has 23 heavy (non-hydrogen) atoms. The highest BCUT2D eigenvalue weighted by Gasteiger charge is 1.96. The Morgan fingerprint density at radius 2 is 1.61 bits per heavy atom. The van der Waals surface area contributed by atoms with E-state index in [0.717, 1.165) is 24.3 Å². The van der Waals surface area contributed by atoms with Crippen LogP contribution in [0.3, 0.4) is 0 Å². The van der Waals surface area contributed by atoms with E-state index in [1.807, 2.05) is 44.3 Å². The summed E-state index contributed by atoms with van der Waals surface area (Å²) in [5.74, 6) is 0.890. The summed E-state index contributed by atoms with van der Waals surface area (Å²) in [6.45, 7) is 9.77. The van der Waals surface area contributed by atoms with Crippen molar-refractivity contribution in [3.63, 3.8) is 0 Å². The first-order valence-electron chi connectivity index (χ1n) is 8.56. The Hall–Kier alpha value is -2.09. The first kappa shape index (κ1) is 19.0. The smallest absolute Gasteiger partial charge is 0.119 e. The molecule has 0 radical (unpaired) electrons. The van der Waals surface area contributed by atoms with Gasteiger partial charge in [-0.25, -0.2) is 0 Å². The maximum absolute atomic E-state index is 5.79. The summed E-state index contributed by atoms with van der Waals surface area (Å²) >= 11 is 0. The Kier molecular flexibility index (Phi) is 9.46. The van der Waals surface area contributed by atoms with E-state index in [-0.39, 0.29) is 0 Å². The SMILES string of the molecule is CC.CCCCN=Cc1ccc(OCc2ccc(C)cc2)cc1. The highest BCUT2D eigenvalue weighted by molar-refractivity contribution is 5.79. The lowest BCUT2D eigenvalue weighted by atomic mass is 10.2. The van der Waals surface area contributed by atoms with E-state index in [2.05, 4.69) is 43.1 Å². The van der Waals surface area contributed by atoms with Crippen LogP contribution in [-0.4, -0.2) is 12.8 Å². The van der Waals surface area contributed by atoms with Crippen molar-refractivity contribution in [2.24, 2.45) is 4.99 Å². The number of ether oxygens (including phenoxy) is 1. The highest BCUT2D eigenvalue weighted by atomic mass is 16.5. The molecule has 2 nitrogen and oxygen atoms in total. The molecule has 0 spiro atoms. The Labute approximate surface area is 141 Å². The normalized spacial score (nSPS) is 10.3. The monoisotopic (exact) mass is 311 g/mol. The summed E-state index contributed by atoms with van der Waals surface area (Å²) in [5.41, 5.74) is 3.57. The zero-order valence-corrected chi connectivity index (χ0v) is 14.9. The summed E-state index contributed by atoms with van der Waals surface area (Å²) in [5, 5.41) is 0. The Morgan fingerprint density at radius 1 is 0.957 bits per heavy atom. The zero-order valence-electron chi connectivity index (χ0n) is 14.9. The molecule has 0 bridgehead atoms. The summed E-state index contributed by atoms with van der Waals surface area (Å²) in [6, 6.07) is 16.5. The fourth-order valence-corrected chi connectivity index (χ4v) is 1.92. The molecule has 0 saturated carbocycles. The first-order chi connectivity index (χ1) is 11.3. The van der Waals surface area contributed by atoms with Gasteiger partial charge < -0.3 is 4.74 Å². The van der Waals surface area contributed by atoms with Crippen LogP contribution in [-0.2, 0) is 6.61 Å². The van der Waals surface area contributed by atoms with Gasteiger partial charge >= 0.3 is 0 Å². The molecule has 0 fully saturated rings. The molecule has 2 aromatic carbocycles. The molecule has 0 aliphatic carbocycles. The molecular weight excluding hydrogens is 282 g/mol. The van der Waals surface area contributed by atoms with Crippen LogP contribution in [0.15, 0.2) is 53.5 Å². The highest BCUT2D eigenvalue weighted by Crippen LogP contribution is 2.14. The molecule has 2 heteroatoms. The fraction of sp³-hybridized carbons (Fsp3) is 0.381. The van der Waals surface area contributed by atoms with Crippen molar-refractivity contribution >= 4 is 6.21 Å². The summed E-state index contributed by atoms with van der Waals surface area (Å²) in [6.07, 6.45) is 4.26. The van der Waals surface area contributed by atoms with Crippen LogP contribution in [0.2, 0.25) is 0 Å². The van der Waals surface area contributed by atoms with Crippen molar-refractivity contribution in [3.05, 3.63) is 65.2 Å². The maximum Gasteiger partial charge on any atom is 0.119 e. The average Bonchev–Trinajstić information content (AvgIpc) is 2.61. The van der Waals surface area contributed by atoms with Crippen molar-refractivity contribution < 1.29 is 4.74 Å². The zero-order chi connectivity index (χ0) is 16.9. The van der Waals surface area contributed by atoms with Crippen LogP contribution in [0.5, 0.6) is 5.75 Å². The lowest BCUT2D eigenvalue weighted by molar-refractivity contribution is 0.306. The van der Waals surface area contributed by atoms with Gasteiger partial charge in [0.15, 0.2) is 0 Å². The van der Waals surface area contributed by atoms with Crippen LogP contribution in [0, 0.1) is 6.92 Å². The van der Waals surface area contributed by atoms with Crippen molar-refractivity contribution in [2.75, 3.05) is 6.54 Å². The number of nitrogens with zero attached hydrogens (tertiary/aromatic N) is 1. The number of hydrogen-bond acceptors (Lipinski definition) is 2. The molecule has 2 rings (SSSR count). The molecule has 0 aromatic heterocycles. The van der Waals surface area contributed by atoms with Gasteiger partial charge in [-0.2, -0.15) is 0 Å². The van der Waals surface area contributed by atoms with E-state index < -0.39 is 0 Å². The van der Waals surface area contributed by atoms with E-state index in [4.69, 9.17) is 4.74 Å². The summed E-state index contributed by atoms with van der Waals surface area (Å²) in [7, 11) is 0. The topological polar surface area (TPSA) is 21.6 Å². The predicted octanol–water partition coefficient (Wildman–Crippen LogP) is 5.82. The van der Waals surface area contributed by atoms with Crippen LogP contribution in [0.1, 0.15) is 50.3 Å². The third-order valence-corrected chi connectivity index (χ3v) is 3.29. The quantitative estimate of drug-likeness (QED) is 0.466. The van der Waals surface area contributed by atoms with Crippen molar-refractivity contribution in [1.82, 2.24) is 0 Å². The Bertz CT molecular complexity index is 555. The fourth-order valence-electron chi connectivity index (χ4n) is 1.92. The number of rotatable bonds is 7. The molecule has 2 aromatic rings. The van der Waals surface area contributed by atoms with Crippen molar-refractivity contribution in [2.45, 2.75) is 47.1 Å². The van der Waals surface area contributed by atoms with Gasteiger partial charge in [0.1, 0.15) is 12.4 Å². The van der Waals surface area contributed by atoms with Gasteiger partial charge in [0.25, 0.3) is 0 Å². The van der Waals surface area contributed by atoms with Crippen LogP contribution in [0.4, 0.5) is 0 Å². The molecule has 0 amide bonds. The van der Waals surface area contributed by atoms with E-state index in [9.17, 15) is 0 Å². The van der Waals surface area contributed by atoms with E-state index in [1.54, 1.807) is 0 Å². The molecular formula is C21H29NO. The van der Waals surface area contributed by atoms with Crippen molar-refractivity contribution in [3.8, 4) is 5.75 Å². The maximum atomic E-state index is 5.79. The van der Waals surface area contributed by atoms with Gasteiger partial charge in [0.2, 0.25) is 0 Å². The van der Waals surface area contributed by atoms with Gasteiger partial charge in [-0.1, -0.05) is 57.0 Å². The predicted molar refractivity (Wildman–Crippen MR) is 101 cm³/mol. The molecule has 0 N–H and O–H groups in total.